The second kappa shape index (κ2) is 5.63. The first-order valence-electron chi connectivity index (χ1n) is 6.67. The third kappa shape index (κ3) is 2.79. The zero-order valence-corrected chi connectivity index (χ0v) is 12.1. The number of nitrogens with one attached hydrogen (secondary N) is 2. The zero-order chi connectivity index (χ0) is 15.6. The van der Waals surface area contributed by atoms with E-state index in [2.05, 4.69) is 15.5 Å². The molecule has 21 heavy (non-hydrogen) atoms. The van der Waals surface area contributed by atoms with Crippen molar-refractivity contribution in [2.45, 2.75) is 33.1 Å². The molecule has 0 aliphatic rings. The summed E-state index contributed by atoms with van der Waals surface area (Å²) in [6, 6.07) is 5.94. The van der Waals surface area contributed by atoms with Crippen molar-refractivity contribution in [3.63, 3.8) is 0 Å². The van der Waals surface area contributed by atoms with Gasteiger partial charge in [0.2, 0.25) is 0 Å². The van der Waals surface area contributed by atoms with Gasteiger partial charge in [0.25, 0.3) is 0 Å². The Morgan fingerprint density at radius 1 is 1.33 bits per heavy atom. The maximum atomic E-state index is 14.3. The van der Waals surface area contributed by atoms with Crippen molar-refractivity contribution in [2.75, 3.05) is 5.32 Å². The molecule has 1 amide bonds. The highest BCUT2D eigenvalue weighted by Crippen LogP contribution is 2.32. The molecule has 0 saturated heterocycles. The predicted molar refractivity (Wildman–Crippen MR) is 76.4 cm³/mol. The monoisotopic (exact) mass is 293 g/mol. The van der Waals surface area contributed by atoms with Crippen LogP contribution in [0.3, 0.4) is 0 Å². The number of aromatic amines is 1. The molecule has 6 heteroatoms. The maximum Gasteiger partial charge on any atom is 0.350 e. The van der Waals surface area contributed by atoms with E-state index >= 15 is 0 Å². The van der Waals surface area contributed by atoms with E-state index in [-0.39, 0.29) is 11.4 Å². The highest BCUT2D eigenvalue weighted by Gasteiger charge is 2.42. The van der Waals surface area contributed by atoms with E-state index in [1.165, 1.54) is 12.1 Å². The van der Waals surface area contributed by atoms with Gasteiger partial charge in [0.15, 0.2) is 5.82 Å². The lowest BCUT2D eigenvalue weighted by Gasteiger charge is -2.17. The molecule has 2 rings (SSSR count). The van der Waals surface area contributed by atoms with Crippen LogP contribution in [0.5, 0.6) is 0 Å². The molecule has 1 heterocycles. The fraction of sp³-hybridized carbons (Fsp3) is 0.333. The van der Waals surface area contributed by atoms with E-state index < -0.39 is 11.8 Å². The van der Waals surface area contributed by atoms with Crippen LogP contribution in [0.15, 0.2) is 24.3 Å². The molecule has 4 nitrogen and oxygen atoms in total. The van der Waals surface area contributed by atoms with Gasteiger partial charge in [-0.1, -0.05) is 31.2 Å². The van der Waals surface area contributed by atoms with Gasteiger partial charge in [-0.25, -0.2) is 0 Å². The van der Waals surface area contributed by atoms with Crippen molar-refractivity contribution in [3.8, 4) is 0 Å². The predicted octanol–water partition coefficient (Wildman–Crippen LogP) is 3.32. The first-order valence-corrected chi connectivity index (χ1v) is 6.67. The van der Waals surface area contributed by atoms with Crippen LogP contribution in [0.2, 0.25) is 0 Å². The summed E-state index contributed by atoms with van der Waals surface area (Å²) in [4.78, 5) is 11.9. The van der Waals surface area contributed by atoms with Crippen molar-refractivity contribution < 1.29 is 13.6 Å². The average molecular weight is 293 g/mol. The summed E-state index contributed by atoms with van der Waals surface area (Å²) in [5.74, 6) is -4.84. The fourth-order valence-electron chi connectivity index (χ4n) is 2.13. The first kappa shape index (κ1) is 15.2. The second-order valence-corrected chi connectivity index (χ2v) is 4.87. The number of hydrogen-bond acceptors (Lipinski definition) is 2. The number of aromatic nitrogens is 2. The smallest absolute Gasteiger partial charge is 0.303 e. The summed E-state index contributed by atoms with van der Waals surface area (Å²) < 4.78 is 28.5. The summed E-state index contributed by atoms with van der Waals surface area (Å²) in [7, 11) is 0. The number of benzene rings is 1. The molecule has 0 unspecified atom stereocenters. The third-order valence-electron chi connectivity index (χ3n) is 3.46. The molecule has 1 aromatic carbocycles. The van der Waals surface area contributed by atoms with Crippen molar-refractivity contribution in [2.24, 2.45) is 0 Å². The summed E-state index contributed by atoms with van der Waals surface area (Å²) >= 11 is 0. The van der Waals surface area contributed by atoms with Gasteiger partial charge in [0.05, 0.1) is 0 Å². The van der Waals surface area contributed by atoms with Crippen LogP contribution in [0.25, 0.3) is 0 Å². The molecular formula is C15H17F2N3O. The number of nitrogens with zero attached hydrogens (tertiary/aromatic N) is 1. The molecule has 0 fully saturated rings. The SMILES string of the molecule is CCc1[nH]nc(NC(=O)C(F)(F)c2ccccc2C)c1C. The molecule has 0 atom stereocenters. The normalized spacial score (nSPS) is 11.5. The van der Waals surface area contributed by atoms with E-state index in [9.17, 15) is 13.6 Å². The van der Waals surface area contributed by atoms with Gasteiger partial charge in [0.1, 0.15) is 0 Å². The number of rotatable bonds is 4. The molecule has 0 bridgehead atoms. The molecule has 0 aliphatic heterocycles. The van der Waals surface area contributed by atoms with E-state index in [0.717, 1.165) is 5.69 Å². The lowest BCUT2D eigenvalue weighted by Crippen LogP contribution is -2.33. The van der Waals surface area contributed by atoms with Gasteiger partial charge in [-0.05, 0) is 25.8 Å². The fourth-order valence-corrected chi connectivity index (χ4v) is 2.13. The Kier molecular flexibility index (Phi) is 4.06. The molecule has 2 N–H and O–H groups in total. The Labute approximate surface area is 121 Å². The van der Waals surface area contributed by atoms with E-state index in [4.69, 9.17) is 0 Å². The van der Waals surface area contributed by atoms with Crippen molar-refractivity contribution in [1.82, 2.24) is 10.2 Å². The molecule has 2 aromatic rings. The zero-order valence-electron chi connectivity index (χ0n) is 12.1. The Morgan fingerprint density at radius 3 is 2.57 bits per heavy atom. The number of amides is 1. The van der Waals surface area contributed by atoms with Crippen LogP contribution in [-0.4, -0.2) is 16.1 Å². The number of anilines is 1. The molecule has 0 aliphatic carbocycles. The Bertz CT molecular complexity index is 665. The summed E-state index contributed by atoms with van der Waals surface area (Å²) in [5, 5.41) is 8.79. The Balaban J connectivity index is 2.27. The molecule has 1 aromatic heterocycles. The second-order valence-electron chi connectivity index (χ2n) is 4.87. The highest BCUT2D eigenvalue weighted by molar-refractivity contribution is 5.96. The molecular weight excluding hydrogens is 276 g/mol. The Hall–Kier alpha value is -2.24. The van der Waals surface area contributed by atoms with Gasteiger partial charge in [-0.15, -0.1) is 0 Å². The van der Waals surface area contributed by atoms with Crippen LogP contribution < -0.4 is 5.32 Å². The molecule has 0 spiro atoms. The molecule has 0 radical (unpaired) electrons. The first-order chi connectivity index (χ1) is 9.87. The minimum atomic E-state index is -3.61. The summed E-state index contributed by atoms with van der Waals surface area (Å²) in [6.07, 6.45) is 0.683. The third-order valence-corrected chi connectivity index (χ3v) is 3.46. The van der Waals surface area contributed by atoms with Gasteiger partial charge in [-0.3, -0.25) is 9.89 Å². The Morgan fingerprint density at radius 2 is 2.00 bits per heavy atom. The minimum Gasteiger partial charge on any atom is -0.303 e. The van der Waals surface area contributed by atoms with Crippen LogP contribution in [0, 0.1) is 13.8 Å². The number of halogens is 2. The number of carbonyl (C=O) groups excluding carboxylic acids is 1. The van der Waals surface area contributed by atoms with Gasteiger partial charge >= 0.3 is 11.8 Å². The topological polar surface area (TPSA) is 57.8 Å². The number of alkyl halides is 2. The average Bonchev–Trinajstić information content (AvgIpc) is 2.79. The van der Waals surface area contributed by atoms with E-state index in [1.54, 1.807) is 26.0 Å². The van der Waals surface area contributed by atoms with Crippen molar-refractivity contribution in [1.29, 1.82) is 0 Å². The summed E-state index contributed by atoms with van der Waals surface area (Å²) in [5.41, 5.74) is 1.55. The van der Waals surface area contributed by atoms with Gasteiger partial charge in [-0.2, -0.15) is 13.9 Å². The number of aryl methyl sites for hydroxylation is 2. The minimum absolute atomic E-state index is 0.144. The molecule has 112 valence electrons. The lowest BCUT2D eigenvalue weighted by atomic mass is 10.0. The van der Waals surface area contributed by atoms with Gasteiger partial charge in [0, 0.05) is 16.8 Å². The van der Waals surface area contributed by atoms with E-state index in [1.807, 2.05) is 6.92 Å². The largest absolute Gasteiger partial charge is 0.350 e. The number of hydrogen-bond donors (Lipinski definition) is 2. The van der Waals surface area contributed by atoms with Gasteiger partial charge < -0.3 is 5.32 Å². The maximum absolute atomic E-state index is 14.3. The van der Waals surface area contributed by atoms with Crippen LogP contribution >= 0.6 is 0 Å². The summed E-state index contributed by atoms with van der Waals surface area (Å²) in [6.45, 7) is 5.18. The number of H-pyrrole nitrogens is 1. The van der Waals surface area contributed by atoms with Crippen LogP contribution in [0.1, 0.15) is 29.3 Å². The number of carbonyl (C=O) groups is 1. The lowest BCUT2D eigenvalue weighted by molar-refractivity contribution is -0.141. The van der Waals surface area contributed by atoms with Crippen LogP contribution in [-0.2, 0) is 17.1 Å². The van der Waals surface area contributed by atoms with Crippen molar-refractivity contribution in [3.05, 3.63) is 46.6 Å². The van der Waals surface area contributed by atoms with Crippen LogP contribution in [0.4, 0.5) is 14.6 Å². The highest BCUT2D eigenvalue weighted by atomic mass is 19.3. The standard InChI is InChI=1S/C15H17F2N3O/c1-4-12-10(3)13(20-19-12)18-14(21)15(16,17)11-8-6-5-7-9(11)2/h5-8H,4H2,1-3H3,(H2,18,19,20,21). The van der Waals surface area contributed by atoms with Crippen molar-refractivity contribution >= 4 is 11.7 Å². The van der Waals surface area contributed by atoms with E-state index in [0.29, 0.717) is 17.5 Å². The molecule has 0 saturated carbocycles. The quantitative estimate of drug-likeness (QED) is 0.908.